The quantitative estimate of drug-likeness (QED) is 0.787. The molecule has 0 radical (unpaired) electrons. The SMILES string of the molecule is Cc1nn(C(C)C)c(NCc2csc(=O)[nH]2)c1N. The van der Waals surface area contributed by atoms with Crippen LogP contribution in [0.3, 0.4) is 0 Å². The van der Waals surface area contributed by atoms with E-state index in [1.54, 1.807) is 5.38 Å². The van der Waals surface area contributed by atoms with Crippen LogP contribution in [0.2, 0.25) is 0 Å². The van der Waals surface area contributed by atoms with Crippen LogP contribution < -0.4 is 15.9 Å². The van der Waals surface area contributed by atoms with Crippen LogP contribution in [-0.4, -0.2) is 14.8 Å². The molecule has 0 atom stereocenters. The molecule has 0 unspecified atom stereocenters. The number of thiazole rings is 1. The highest BCUT2D eigenvalue weighted by Crippen LogP contribution is 2.25. The summed E-state index contributed by atoms with van der Waals surface area (Å²) >= 11 is 1.15. The Labute approximate surface area is 109 Å². The number of hydrogen-bond donors (Lipinski definition) is 3. The largest absolute Gasteiger partial charge is 0.394 e. The van der Waals surface area contributed by atoms with Crippen molar-refractivity contribution in [1.29, 1.82) is 0 Å². The third-order valence-electron chi connectivity index (χ3n) is 2.64. The summed E-state index contributed by atoms with van der Waals surface area (Å²) in [5, 5.41) is 9.41. The number of aromatic nitrogens is 3. The normalized spacial score (nSPS) is 11.1. The Morgan fingerprint density at radius 2 is 2.33 bits per heavy atom. The van der Waals surface area contributed by atoms with Crippen molar-refractivity contribution < 1.29 is 0 Å². The monoisotopic (exact) mass is 267 g/mol. The van der Waals surface area contributed by atoms with Crippen LogP contribution in [-0.2, 0) is 6.54 Å². The number of H-pyrrole nitrogens is 1. The molecule has 18 heavy (non-hydrogen) atoms. The molecule has 0 saturated heterocycles. The molecule has 0 amide bonds. The first-order valence-corrected chi connectivity index (χ1v) is 6.62. The average Bonchev–Trinajstić information content (AvgIpc) is 2.83. The highest BCUT2D eigenvalue weighted by atomic mass is 32.1. The predicted octanol–water partition coefficient (Wildman–Crippen LogP) is 1.72. The number of rotatable bonds is 4. The van der Waals surface area contributed by atoms with E-state index in [0.717, 1.165) is 28.5 Å². The fourth-order valence-corrected chi connectivity index (χ4v) is 2.27. The second-order valence-corrected chi connectivity index (χ2v) is 5.26. The molecule has 0 aromatic carbocycles. The lowest BCUT2D eigenvalue weighted by Gasteiger charge is -2.12. The molecule has 2 rings (SSSR count). The summed E-state index contributed by atoms with van der Waals surface area (Å²) in [7, 11) is 0. The fourth-order valence-electron chi connectivity index (χ4n) is 1.69. The van der Waals surface area contributed by atoms with E-state index in [9.17, 15) is 4.79 Å². The van der Waals surface area contributed by atoms with Crippen LogP contribution in [0.15, 0.2) is 10.2 Å². The Kier molecular flexibility index (Phi) is 3.42. The molecule has 0 aliphatic rings. The van der Waals surface area contributed by atoms with Gasteiger partial charge >= 0.3 is 4.87 Å². The lowest BCUT2D eigenvalue weighted by Crippen LogP contribution is -2.11. The van der Waals surface area contributed by atoms with Gasteiger partial charge in [0.1, 0.15) is 5.82 Å². The van der Waals surface area contributed by atoms with Gasteiger partial charge in [-0.05, 0) is 20.8 Å². The van der Waals surface area contributed by atoms with Gasteiger partial charge in [0.05, 0.1) is 17.9 Å². The van der Waals surface area contributed by atoms with E-state index in [1.807, 2.05) is 25.5 Å². The highest BCUT2D eigenvalue weighted by molar-refractivity contribution is 7.07. The van der Waals surface area contributed by atoms with E-state index in [4.69, 9.17) is 5.73 Å². The molecule has 0 fully saturated rings. The zero-order valence-electron chi connectivity index (χ0n) is 10.7. The molecule has 0 spiro atoms. The molecule has 0 saturated carbocycles. The van der Waals surface area contributed by atoms with Gasteiger partial charge in [0.25, 0.3) is 0 Å². The van der Waals surface area contributed by atoms with Crippen LogP contribution in [0, 0.1) is 6.92 Å². The number of anilines is 2. The molecule has 2 aromatic heterocycles. The smallest absolute Gasteiger partial charge is 0.304 e. The van der Waals surface area contributed by atoms with Gasteiger partial charge in [0, 0.05) is 17.1 Å². The van der Waals surface area contributed by atoms with Gasteiger partial charge in [-0.25, -0.2) is 4.68 Å². The number of nitrogens with zero attached hydrogens (tertiary/aromatic N) is 2. The molecule has 2 heterocycles. The molecular weight excluding hydrogens is 250 g/mol. The predicted molar refractivity (Wildman–Crippen MR) is 74.0 cm³/mol. The van der Waals surface area contributed by atoms with E-state index >= 15 is 0 Å². The van der Waals surface area contributed by atoms with E-state index in [2.05, 4.69) is 15.4 Å². The number of nitrogens with one attached hydrogen (secondary N) is 2. The zero-order valence-corrected chi connectivity index (χ0v) is 11.5. The van der Waals surface area contributed by atoms with Crippen molar-refractivity contribution in [3.63, 3.8) is 0 Å². The number of aromatic amines is 1. The first-order chi connectivity index (χ1) is 8.49. The summed E-state index contributed by atoms with van der Waals surface area (Å²) in [4.78, 5) is 13.7. The van der Waals surface area contributed by atoms with Crippen LogP contribution in [0.4, 0.5) is 11.5 Å². The molecule has 6 nitrogen and oxygen atoms in total. The van der Waals surface area contributed by atoms with Gasteiger partial charge in [-0.1, -0.05) is 11.3 Å². The first-order valence-electron chi connectivity index (χ1n) is 5.74. The van der Waals surface area contributed by atoms with Crippen molar-refractivity contribution in [2.45, 2.75) is 33.4 Å². The maximum atomic E-state index is 11.0. The number of hydrogen-bond acceptors (Lipinski definition) is 5. The zero-order chi connectivity index (χ0) is 13.3. The molecule has 7 heteroatoms. The first kappa shape index (κ1) is 12.7. The topological polar surface area (TPSA) is 88.7 Å². The van der Waals surface area contributed by atoms with Crippen molar-refractivity contribution in [3.05, 3.63) is 26.4 Å². The standard InChI is InChI=1S/C11H17N5OS/c1-6(2)16-10(9(12)7(3)15-16)13-4-8-5-18-11(17)14-8/h5-6,13H,4,12H2,1-3H3,(H,14,17). The second-order valence-electron chi connectivity index (χ2n) is 4.41. The van der Waals surface area contributed by atoms with E-state index in [1.165, 1.54) is 0 Å². The minimum Gasteiger partial charge on any atom is -0.394 e. The third-order valence-corrected chi connectivity index (χ3v) is 3.36. The lowest BCUT2D eigenvalue weighted by molar-refractivity contribution is 0.534. The summed E-state index contributed by atoms with van der Waals surface area (Å²) in [6, 6.07) is 0.227. The van der Waals surface area contributed by atoms with Crippen LogP contribution in [0.25, 0.3) is 0 Å². The third kappa shape index (κ3) is 2.40. The minimum absolute atomic E-state index is 0.0479. The van der Waals surface area contributed by atoms with Gasteiger partial charge < -0.3 is 16.0 Å². The van der Waals surface area contributed by atoms with Crippen molar-refractivity contribution in [2.75, 3.05) is 11.1 Å². The van der Waals surface area contributed by atoms with Crippen molar-refractivity contribution >= 4 is 22.8 Å². The number of aryl methyl sites for hydroxylation is 1. The van der Waals surface area contributed by atoms with E-state index < -0.39 is 0 Å². The van der Waals surface area contributed by atoms with Crippen LogP contribution >= 0.6 is 11.3 Å². The van der Waals surface area contributed by atoms with E-state index in [-0.39, 0.29) is 10.9 Å². The van der Waals surface area contributed by atoms with Crippen LogP contribution in [0.5, 0.6) is 0 Å². The molecule has 0 aliphatic carbocycles. The number of nitrogen functional groups attached to an aromatic ring is 1. The molecule has 0 bridgehead atoms. The van der Waals surface area contributed by atoms with Crippen molar-refractivity contribution in [3.8, 4) is 0 Å². The Hall–Kier alpha value is -1.76. The maximum Gasteiger partial charge on any atom is 0.304 e. The maximum absolute atomic E-state index is 11.0. The summed E-state index contributed by atoms with van der Waals surface area (Å²) in [6.45, 7) is 6.50. The number of nitrogens with two attached hydrogens (primary N) is 1. The summed E-state index contributed by atoms with van der Waals surface area (Å²) in [6.07, 6.45) is 0. The van der Waals surface area contributed by atoms with E-state index in [0.29, 0.717) is 12.2 Å². The van der Waals surface area contributed by atoms with Gasteiger partial charge in [0.15, 0.2) is 0 Å². The molecule has 2 aromatic rings. The van der Waals surface area contributed by atoms with Gasteiger partial charge in [-0.15, -0.1) is 0 Å². The Morgan fingerprint density at radius 3 is 2.89 bits per heavy atom. The highest BCUT2D eigenvalue weighted by Gasteiger charge is 2.14. The lowest BCUT2D eigenvalue weighted by atomic mass is 10.3. The van der Waals surface area contributed by atoms with Gasteiger partial charge in [-0.2, -0.15) is 5.10 Å². The van der Waals surface area contributed by atoms with Gasteiger partial charge in [-0.3, -0.25) is 4.79 Å². The summed E-state index contributed by atoms with van der Waals surface area (Å²) in [5.74, 6) is 0.801. The summed E-state index contributed by atoms with van der Waals surface area (Å²) in [5.41, 5.74) is 8.31. The molecule has 4 N–H and O–H groups in total. The molecule has 98 valence electrons. The van der Waals surface area contributed by atoms with Gasteiger partial charge in [0.2, 0.25) is 0 Å². The van der Waals surface area contributed by atoms with Crippen molar-refractivity contribution in [1.82, 2.24) is 14.8 Å². The summed E-state index contributed by atoms with van der Waals surface area (Å²) < 4.78 is 1.86. The Morgan fingerprint density at radius 1 is 1.61 bits per heavy atom. The fraction of sp³-hybridized carbons (Fsp3) is 0.455. The molecule has 0 aliphatic heterocycles. The minimum atomic E-state index is -0.0479. The Bertz CT molecular complexity index is 595. The van der Waals surface area contributed by atoms with Crippen LogP contribution in [0.1, 0.15) is 31.3 Å². The average molecular weight is 267 g/mol. The van der Waals surface area contributed by atoms with Crippen molar-refractivity contribution in [2.24, 2.45) is 0 Å². The second kappa shape index (κ2) is 4.85. The Balaban J connectivity index is 2.20. The molecular formula is C11H17N5OS.